The van der Waals surface area contributed by atoms with Crippen LogP contribution in [0.2, 0.25) is 0 Å². The highest BCUT2D eigenvalue weighted by Gasteiger charge is 2.24. The molecule has 0 spiro atoms. The van der Waals surface area contributed by atoms with Gasteiger partial charge in [0, 0.05) is 18.7 Å². The van der Waals surface area contributed by atoms with Crippen molar-refractivity contribution in [3.8, 4) is 17.3 Å². The van der Waals surface area contributed by atoms with Gasteiger partial charge in [-0.1, -0.05) is 12.1 Å². The van der Waals surface area contributed by atoms with Gasteiger partial charge in [0.15, 0.2) is 0 Å². The van der Waals surface area contributed by atoms with Gasteiger partial charge in [-0.15, -0.1) is 10.2 Å². The number of nitrogens with one attached hydrogen (secondary N) is 2. The first kappa shape index (κ1) is 21.0. The van der Waals surface area contributed by atoms with Crippen LogP contribution in [0.1, 0.15) is 11.6 Å². The molecular weight excluding hydrogens is 426 g/mol. The summed E-state index contributed by atoms with van der Waals surface area (Å²) < 4.78 is 61.3. The van der Waals surface area contributed by atoms with E-state index in [4.69, 9.17) is 4.42 Å². The number of alkyl halides is 2. The van der Waals surface area contributed by atoms with Crippen LogP contribution < -0.4 is 14.8 Å². The minimum absolute atomic E-state index is 0.0512. The monoisotopic (exact) mass is 440 g/mol. The van der Waals surface area contributed by atoms with E-state index in [2.05, 4.69) is 30.2 Å². The summed E-state index contributed by atoms with van der Waals surface area (Å²) in [5.41, 5.74) is 0.286. The molecule has 3 rings (SSSR count). The molecule has 0 atom stereocenters. The molecule has 11 nitrogen and oxygen atoms in total. The zero-order chi connectivity index (χ0) is 21.9. The second-order valence-electron chi connectivity index (χ2n) is 5.73. The number of carbonyl (C=O) groups excluding carboxylic acids is 1. The van der Waals surface area contributed by atoms with Gasteiger partial charge >= 0.3 is 12.6 Å². The molecule has 0 fully saturated rings. The smallest absolute Gasteiger partial charge is 0.388 e. The third-order valence-electron chi connectivity index (χ3n) is 3.43. The molecule has 0 radical (unpaired) electrons. The van der Waals surface area contributed by atoms with E-state index < -0.39 is 34.5 Å². The highest BCUT2D eigenvalue weighted by atomic mass is 32.2. The number of benzene rings is 1. The molecule has 2 amide bonds. The molecule has 0 aliphatic rings. The van der Waals surface area contributed by atoms with Gasteiger partial charge in [0.2, 0.25) is 23.6 Å². The maximum absolute atomic E-state index is 12.7. The first-order valence-corrected chi connectivity index (χ1v) is 9.66. The van der Waals surface area contributed by atoms with Crippen molar-refractivity contribution in [2.45, 2.75) is 25.4 Å². The zero-order valence-corrected chi connectivity index (χ0v) is 16.3. The van der Waals surface area contributed by atoms with Crippen molar-refractivity contribution in [2.75, 3.05) is 5.32 Å². The lowest BCUT2D eigenvalue weighted by molar-refractivity contribution is -0.0528. The second kappa shape index (κ2) is 8.36. The largest absolute Gasteiger partial charge is 0.421 e. The zero-order valence-electron chi connectivity index (χ0n) is 15.5. The van der Waals surface area contributed by atoms with Crippen LogP contribution in [-0.2, 0) is 10.0 Å². The average Bonchev–Trinajstić information content (AvgIpc) is 3.06. The molecule has 14 heteroatoms. The summed E-state index contributed by atoms with van der Waals surface area (Å²) in [6.45, 7) is -0.151. The van der Waals surface area contributed by atoms with Crippen LogP contribution in [-0.4, -0.2) is 41.2 Å². The van der Waals surface area contributed by atoms with Gasteiger partial charge in [-0.2, -0.15) is 13.8 Å². The fourth-order valence-corrected chi connectivity index (χ4v) is 3.44. The number of rotatable bonds is 6. The minimum Gasteiger partial charge on any atom is -0.421 e. The maximum atomic E-state index is 12.7. The molecule has 0 aliphatic carbocycles. The lowest BCUT2D eigenvalue weighted by Crippen LogP contribution is -2.35. The van der Waals surface area contributed by atoms with Crippen LogP contribution in [0.3, 0.4) is 0 Å². The number of nitrogens with zero attached hydrogens (tertiary/aromatic N) is 4. The third-order valence-corrected chi connectivity index (χ3v) is 4.82. The highest BCUT2D eigenvalue weighted by Crippen LogP contribution is 2.26. The van der Waals surface area contributed by atoms with E-state index in [1.54, 1.807) is 10.8 Å². The molecule has 1 aromatic carbocycles. The maximum Gasteiger partial charge on any atom is 0.388 e. The van der Waals surface area contributed by atoms with Crippen LogP contribution in [0, 0.1) is 13.8 Å². The molecule has 0 saturated heterocycles. The SMILES string of the molecule is Cc1cc(OC(F)F)nc(NC(=O)NS(=O)(=O)c2ccccc2-c2nnc(C)o2)n1. The van der Waals surface area contributed by atoms with Crippen molar-refractivity contribution in [3.05, 3.63) is 41.9 Å². The Morgan fingerprint density at radius 3 is 2.57 bits per heavy atom. The Morgan fingerprint density at radius 2 is 1.90 bits per heavy atom. The lowest BCUT2D eigenvalue weighted by atomic mass is 10.2. The summed E-state index contributed by atoms with van der Waals surface area (Å²) in [4.78, 5) is 19.3. The van der Waals surface area contributed by atoms with Crippen LogP contribution in [0.25, 0.3) is 11.5 Å². The standard InChI is InChI=1S/C16H14F2N6O5S/c1-8-7-12(29-14(17)18)20-15(19-8)21-16(25)24-30(26,27)11-6-4-3-5-10(11)13-23-22-9(2)28-13/h3-7,14H,1-2H3,(H2,19,20,21,24,25). The van der Waals surface area contributed by atoms with Crippen LogP contribution in [0.15, 0.2) is 39.6 Å². The van der Waals surface area contributed by atoms with Crippen LogP contribution in [0.4, 0.5) is 19.5 Å². The molecule has 2 aromatic heterocycles. The number of ether oxygens (including phenoxy) is 1. The van der Waals surface area contributed by atoms with Crippen LogP contribution >= 0.6 is 0 Å². The number of hydrogen-bond acceptors (Lipinski definition) is 9. The Labute approximate surface area is 168 Å². The Morgan fingerprint density at radius 1 is 1.17 bits per heavy atom. The molecule has 158 valence electrons. The molecule has 30 heavy (non-hydrogen) atoms. The summed E-state index contributed by atoms with van der Waals surface area (Å²) in [6, 6.07) is 5.56. The third kappa shape index (κ3) is 5.02. The van der Waals surface area contributed by atoms with Gasteiger partial charge in [-0.05, 0) is 19.1 Å². The number of sulfonamides is 1. The lowest BCUT2D eigenvalue weighted by Gasteiger charge is -2.11. The number of anilines is 1. The summed E-state index contributed by atoms with van der Waals surface area (Å²) in [7, 11) is -4.39. The highest BCUT2D eigenvalue weighted by molar-refractivity contribution is 7.90. The molecule has 2 N–H and O–H groups in total. The fraction of sp³-hybridized carbons (Fsp3) is 0.188. The van der Waals surface area contributed by atoms with Crippen molar-refractivity contribution in [2.24, 2.45) is 0 Å². The predicted octanol–water partition coefficient (Wildman–Crippen LogP) is 2.26. The van der Waals surface area contributed by atoms with E-state index in [1.165, 1.54) is 32.0 Å². The van der Waals surface area contributed by atoms with Crippen LogP contribution in [0.5, 0.6) is 5.88 Å². The molecular formula is C16H14F2N6O5S. The summed E-state index contributed by atoms with van der Waals surface area (Å²) in [6.07, 6.45) is 0. The van der Waals surface area contributed by atoms with Crippen molar-refractivity contribution in [1.29, 1.82) is 0 Å². The number of amides is 2. The number of hydrogen-bond donors (Lipinski definition) is 2. The Balaban J connectivity index is 1.82. The van der Waals surface area contributed by atoms with Crippen molar-refractivity contribution >= 4 is 22.0 Å². The van der Waals surface area contributed by atoms with E-state index in [1.807, 2.05) is 0 Å². The van der Waals surface area contributed by atoms with E-state index in [0.29, 0.717) is 0 Å². The van der Waals surface area contributed by atoms with Gasteiger partial charge < -0.3 is 9.15 Å². The molecule has 0 bridgehead atoms. The first-order valence-electron chi connectivity index (χ1n) is 8.18. The Hall–Kier alpha value is -3.68. The molecule has 3 aromatic rings. The minimum atomic E-state index is -4.39. The van der Waals surface area contributed by atoms with Crippen molar-refractivity contribution < 1.29 is 31.1 Å². The predicted molar refractivity (Wildman–Crippen MR) is 97.2 cm³/mol. The quantitative estimate of drug-likeness (QED) is 0.588. The molecule has 0 aliphatic heterocycles. The van der Waals surface area contributed by atoms with Gasteiger partial charge in [0.05, 0.1) is 5.56 Å². The summed E-state index contributed by atoms with van der Waals surface area (Å²) in [5, 5.41) is 9.48. The first-order chi connectivity index (χ1) is 14.1. The number of aryl methyl sites for hydroxylation is 2. The summed E-state index contributed by atoms with van der Waals surface area (Å²) >= 11 is 0. The number of carbonyl (C=O) groups is 1. The van der Waals surface area contributed by atoms with E-state index in [-0.39, 0.29) is 27.9 Å². The average molecular weight is 440 g/mol. The van der Waals surface area contributed by atoms with Gasteiger partial charge in [-0.3, -0.25) is 5.32 Å². The summed E-state index contributed by atoms with van der Waals surface area (Å²) in [5.74, 6) is -0.752. The van der Waals surface area contributed by atoms with Gasteiger partial charge in [-0.25, -0.2) is 22.9 Å². The number of aromatic nitrogens is 4. The van der Waals surface area contributed by atoms with Gasteiger partial charge in [0.25, 0.3) is 10.0 Å². The number of urea groups is 1. The van der Waals surface area contributed by atoms with Gasteiger partial charge in [0.1, 0.15) is 4.90 Å². The van der Waals surface area contributed by atoms with Crippen molar-refractivity contribution in [1.82, 2.24) is 24.9 Å². The Kier molecular flexibility index (Phi) is 5.86. The second-order valence-corrected chi connectivity index (χ2v) is 7.38. The van der Waals surface area contributed by atoms with Crippen molar-refractivity contribution in [3.63, 3.8) is 0 Å². The normalized spacial score (nSPS) is 11.4. The fourth-order valence-electron chi connectivity index (χ4n) is 2.33. The van der Waals surface area contributed by atoms with E-state index in [9.17, 15) is 22.0 Å². The number of halogens is 2. The van der Waals surface area contributed by atoms with E-state index in [0.717, 1.165) is 6.07 Å². The van der Waals surface area contributed by atoms with E-state index >= 15 is 0 Å². The molecule has 0 saturated carbocycles. The Bertz CT molecular complexity index is 1180. The topological polar surface area (TPSA) is 149 Å². The molecule has 0 unspecified atom stereocenters. The molecule has 2 heterocycles.